The highest BCUT2D eigenvalue weighted by Gasteiger charge is 2.19. The maximum atomic E-state index is 12.0. The van der Waals surface area contributed by atoms with Crippen molar-refractivity contribution in [1.29, 1.82) is 0 Å². The summed E-state index contributed by atoms with van der Waals surface area (Å²) in [7, 11) is 0. The molecule has 0 heterocycles. The Kier molecular flexibility index (Phi) is 8.88. The topological polar surface area (TPSA) is 58.6 Å². The van der Waals surface area contributed by atoms with Gasteiger partial charge in [0.2, 0.25) is 0 Å². The number of carbonyl (C=O) groups is 1. The molecule has 0 aliphatic carbocycles. The number of ether oxygens (including phenoxy) is 1. The minimum atomic E-state index is -0.856. The van der Waals surface area contributed by atoms with Gasteiger partial charge in [0.15, 0.2) is 0 Å². The van der Waals surface area contributed by atoms with E-state index in [1.54, 1.807) is 0 Å². The van der Waals surface area contributed by atoms with E-state index in [4.69, 9.17) is 16.3 Å². The van der Waals surface area contributed by atoms with Crippen LogP contribution in [0.1, 0.15) is 54.7 Å². The van der Waals surface area contributed by atoms with Gasteiger partial charge in [-0.15, -0.1) is 0 Å². The summed E-state index contributed by atoms with van der Waals surface area (Å²) in [5.41, 5.74) is 6.47. The van der Waals surface area contributed by atoms with Crippen LogP contribution >= 0.6 is 11.6 Å². The number of aliphatic hydroxyl groups excluding tert-OH is 1. The Labute approximate surface area is 230 Å². The Morgan fingerprint density at radius 2 is 1.50 bits per heavy atom. The van der Waals surface area contributed by atoms with E-state index < -0.39 is 17.8 Å². The number of hydrogen-bond donors (Lipinski definition) is 2. The minimum absolute atomic E-state index is 0.398. The van der Waals surface area contributed by atoms with Gasteiger partial charge < -0.3 is 15.2 Å². The lowest BCUT2D eigenvalue weighted by molar-refractivity contribution is 0.0528. The Morgan fingerprint density at radius 3 is 2.21 bits per heavy atom. The van der Waals surface area contributed by atoms with Crippen molar-refractivity contribution in [3.05, 3.63) is 130 Å². The first-order chi connectivity index (χ1) is 18.2. The van der Waals surface area contributed by atoms with E-state index in [2.05, 4.69) is 41.7 Å². The molecule has 2 N–H and O–H groups in total. The number of benzene rings is 4. The molecule has 4 nitrogen and oxygen atoms in total. The van der Waals surface area contributed by atoms with E-state index in [0.29, 0.717) is 24.4 Å². The fraction of sp³-hybridized carbons (Fsp3) is 0.242. The monoisotopic (exact) mass is 527 g/mol. The quantitative estimate of drug-likeness (QED) is 0.246. The van der Waals surface area contributed by atoms with Crippen molar-refractivity contribution in [3.8, 4) is 11.1 Å². The number of halogens is 1. The van der Waals surface area contributed by atoms with Crippen LogP contribution in [0, 0.1) is 0 Å². The highest BCUT2D eigenvalue weighted by Crippen LogP contribution is 2.31. The number of hydrogen-bond acceptors (Lipinski definition) is 3. The number of alkyl carbamates (subject to hydrolysis) is 1. The molecule has 0 aliphatic rings. The average Bonchev–Trinajstić information content (AvgIpc) is 2.89. The van der Waals surface area contributed by atoms with Gasteiger partial charge in [-0.1, -0.05) is 96.5 Å². The van der Waals surface area contributed by atoms with Gasteiger partial charge in [-0.3, -0.25) is 0 Å². The summed E-state index contributed by atoms with van der Waals surface area (Å²) in [6.45, 7) is 5.89. The zero-order valence-corrected chi connectivity index (χ0v) is 22.8. The molecule has 1 atom stereocenters. The average molecular weight is 528 g/mol. The summed E-state index contributed by atoms with van der Waals surface area (Å²) in [4.78, 5) is 12.0. The molecule has 0 aromatic heterocycles. The van der Waals surface area contributed by atoms with E-state index in [-0.39, 0.29) is 0 Å². The first kappa shape index (κ1) is 27.4. The van der Waals surface area contributed by atoms with Gasteiger partial charge in [0.05, 0.1) is 0 Å². The molecule has 4 aromatic carbocycles. The molecule has 196 valence electrons. The summed E-state index contributed by atoms with van der Waals surface area (Å²) in [6.07, 6.45) is -0.0828. The predicted octanol–water partition coefficient (Wildman–Crippen LogP) is 7.75. The van der Waals surface area contributed by atoms with Crippen molar-refractivity contribution in [3.63, 3.8) is 0 Å². The second-order valence-electron chi connectivity index (χ2n) is 10.4. The second kappa shape index (κ2) is 12.3. The van der Waals surface area contributed by atoms with Crippen LogP contribution in [-0.4, -0.2) is 23.3 Å². The Bertz CT molecular complexity index is 1360. The van der Waals surface area contributed by atoms with Gasteiger partial charge in [-0.05, 0) is 84.7 Å². The Balaban J connectivity index is 1.52. The minimum Gasteiger partial charge on any atom is -0.444 e. The standard InChI is InChI=1S/C33H34ClNO3/c1-33(2,3)38-32(37)35-20-19-26-11-7-8-12-29(26)31(36)30-22-28(34)18-17-27(30)21-23-13-15-25(16-14-23)24-9-5-4-6-10-24/h4-18,22,31,36H,19-21H2,1-3H3,(H,35,37). The van der Waals surface area contributed by atoms with Gasteiger partial charge in [-0.2, -0.15) is 0 Å². The van der Waals surface area contributed by atoms with Gasteiger partial charge in [-0.25, -0.2) is 4.79 Å². The third-order valence-electron chi connectivity index (χ3n) is 6.27. The molecular weight excluding hydrogens is 494 g/mol. The predicted molar refractivity (Wildman–Crippen MR) is 155 cm³/mol. The van der Waals surface area contributed by atoms with E-state index >= 15 is 0 Å². The summed E-state index contributed by atoms with van der Waals surface area (Å²) < 4.78 is 5.33. The number of aliphatic hydroxyl groups is 1. The second-order valence-corrected chi connectivity index (χ2v) is 10.8. The lowest BCUT2D eigenvalue weighted by Crippen LogP contribution is -2.33. The molecule has 0 bridgehead atoms. The fourth-order valence-electron chi connectivity index (χ4n) is 4.46. The molecule has 0 aliphatic heterocycles. The van der Waals surface area contributed by atoms with E-state index in [9.17, 15) is 9.90 Å². The van der Waals surface area contributed by atoms with Crippen LogP contribution in [0.15, 0.2) is 97.1 Å². The fourth-order valence-corrected chi connectivity index (χ4v) is 4.64. The number of nitrogens with one attached hydrogen (secondary N) is 1. The summed E-state index contributed by atoms with van der Waals surface area (Å²) in [5, 5.41) is 14.9. The number of rotatable bonds is 8. The summed E-state index contributed by atoms with van der Waals surface area (Å²) in [6, 6.07) is 32.2. The van der Waals surface area contributed by atoms with Crippen molar-refractivity contribution in [1.82, 2.24) is 5.32 Å². The maximum absolute atomic E-state index is 12.0. The molecule has 1 amide bonds. The smallest absolute Gasteiger partial charge is 0.407 e. The first-order valence-electron chi connectivity index (χ1n) is 12.8. The molecule has 0 saturated heterocycles. The molecule has 4 aromatic rings. The lowest BCUT2D eigenvalue weighted by atomic mass is 9.90. The van der Waals surface area contributed by atoms with Gasteiger partial charge >= 0.3 is 6.09 Å². The first-order valence-corrected chi connectivity index (χ1v) is 13.2. The highest BCUT2D eigenvalue weighted by molar-refractivity contribution is 6.30. The zero-order chi connectivity index (χ0) is 27.1. The van der Waals surface area contributed by atoms with E-state index in [0.717, 1.165) is 27.8 Å². The maximum Gasteiger partial charge on any atom is 0.407 e. The molecule has 5 heteroatoms. The van der Waals surface area contributed by atoms with Crippen LogP contribution in [0.3, 0.4) is 0 Å². The molecule has 0 radical (unpaired) electrons. The number of carbonyl (C=O) groups excluding carboxylic acids is 1. The largest absolute Gasteiger partial charge is 0.444 e. The van der Waals surface area contributed by atoms with E-state index in [1.165, 1.54) is 11.1 Å². The van der Waals surface area contributed by atoms with Crippen molar-refractivity contribution in [2.75, 3.05) is 6.54 Å². The Hall–Kier alpha value is -3.60. The SMILES string of the molecule is CC(C)(C)OC(=O)NCCc1ccccc1C(O)c1cc(Cl)ccc1Cc1ccc(-c2ccccc2)cc1. The van der Waals surface area contributed by atoms with Crippen LogP contribution < -0.4 is 5.32 Å². The molecule has 1 unspecified atom stereocenters. The lowest BCUT2D eigenvalue weighted by Gasteiger charge is -2.21. The van der Waals surface area contributed by atoms with Crippen molar-refractivity contribution in [2.24, 2.45) is 0 Å². The Morgan fingerprint density at radius 1 is 0.842 bits per heavy atom. The van der Waals surface area contributed by atoms with Gasteiger partial charge in [0, 0.05) is 11.6 Å². The molecule has 38 heavy (non-hydrogen) atoms. The normalized spacial score (nSPS) is 12.1. The van der Waals surface area contributed by atoms with Crippen molar-refractivity contribution >= 4 is 17.7 Å². The summed E-state index contributed by atoms with van der Waals surface area (Å²) >= 11 is 6.38. The highest BCUT2D eigenvalue weighted by atomic mass is 35.5. The number of amides is 1. The van der Waals surface area contributed by atoms with Crippen LogP contribution in [0.25, 0.3) is 11.1 Å². The molecular formula is C33H34ClNO3. The van der Waals surface area contributed by atoms with Crippen LogP contribution in [0.5, 0.6) is 0 Å². The summed E-state index contributed by atoms with van der Waals surface area (Å²) in [5.74, 6) is 0. The zero-order valence-electron chi connectivity index (χ0n) is 22.1. The molecule has 0 fully saturated rings. The molecule has 0 saturated carbocycles. The van der Waals surface area contributed by atoms with Crippen LogP contribution in [0.4, 0.5) is 4.79 Å². The third-order valence-corrected chi connectivity index (χ3v) is 6.51. The van der Waals surface area contributed by atoms with Crippen molar-refractivity contribution in [2.45, 2.75) is 45.3 Å². The van der Waals surface area contributed by atoms with Crippen LogP contribution in [-0.2, 0) is 17.6 Å². The van der Waals surface area contributed by atoms with Crippen molar-refractivity contribution < 1.29 is 14.6 Å². The third kappa shape index (κ3) is 7.47. The van der Waals surface area contributed by atoms with Crippen LogP contribution in [0.2, 0.25) is 5.02 Å². The molecule has 4 rings (SSSR count). The molecule has 0 spiro atoms. The van der Waals surface area contributed by atoms with Gasteiger partial charge in [0.25, 0.3) is 0 Å². The van der Waals surface area contributed by atoms with E-state index in [1.807, 2.05) is 81.4 Å². The van der Waals surface area contributed by atoms with Gasteiger partial charge in [0.1, 0.15) is 11.7 Å².